The Bertz CT molecular complexity index is 328. The molecule has 96 valence electrons. The molecule has 17 heavy (non-hydrogen) atoms. The van der Waals surface area contributed by atoms with Gasteiger partial charge < -0.3 is 10.0 Å². The lowest BCUT2D eigenvalue weighted by molar-refractivity contribution is 0.472. The third-order valence-electron chi connectivity index (χ3n) is 3.03. The van der Waals surface area contributed by atoms with Crippen LogP contribution in [-0.4, -0.2) is 18.2 Å². The summed E-state index contributed by atoms with van der Waals surface area (Å²) in [7, 11) is 0. The van der Waals surface area contributed by atoms with E-state index in [9.17, 15) is 5.11 Å². The Labute approximate surface area is 105 Å². The standard InChI is InChI=1S/C15H25NO/c1-4-6-10-16(11-7-5-2)14-12-13(3)8-9-15(14)17/h8-9,12,17H,4-7,10-11H2,1-3H3. The number of anilines is 1. The van der Waals surface area contributed by atoms with Gasteiger partial charge in [0.15, 0.2) is 0 Å². The summed E-state index contributed by atoms with van der Waals surface area (Å²) < 4.78 is 0. The molecule has 1 aromatic rings. The maximum atomic E-state index is 9.96. The van der Waals surface area contributed by atoms with Gasteiger partial charge in [-0.1, -0.05) is 32.8 Å². The summed E-state index contributed by atoms with van der Waals surface area (Å²) >= 11 is 0. The monoisotopic (exact) mass is 235 g/mol. The van der Waals surface area contributed by atoms with Crippen molar-refractivity contribution in [3.63, 3.8) is 0 Å². The first-order valence-electron chi connectivity index (χ1n) is 6.73. The zero-order valence-electron chi connectivity index (χ0n) is 11.4. The van der Waals surface area contributed by atoms with Gasteiger partial charge in [0.05, 0.1) is 5.69 Å². The van der Waals surface area contributed by atoms with Crippen molar-refractivity contribution < 1.29 is 5.11 Å². The maximum Gasteiger partial charge on any atom is 0.138 e. The molecule has 0 atom stereocenters. The first kappa shape index (κ1) is 13.9. The molecule has 2 nitrogen and oxygen atoms in total. The molecule has 0 amide bonds. The molecule has 0 fully saturated rings. The second-order valence-electron chi connectivity index (χ2n) is 4.69. The van der Waals surface area contributed by atoms with E-state index in [1.165, 1.54) is 31.2 Å². The van der Waals surface area contributed by atoms with Gasteiger partial charge in [-0.15, -0.1) is 0 Å². The molecule has 2 heteroatoms. The number of aromatic hydroxyl groups is 1. The molecule has 0 saturated heterocycles. The largest absolute Gasteiger partial charge is 0.506 e. The smallest absolute Gasteiger partial charge is 0.138 e. The highest BCUT2D eigenvalue weighted by Gasteiger charge is 2.10. The van der Waals surface area contributed by atoms with Crippen LogP contribution in [0.1, 0.15) is 45.1 Å². The molecule has 1 rings (SSSR count). The molecule has 0 saturated carbocycles. The van der Waals surface area contributed by atoms with E-state index in [2.05, 4.69) is 31.7 Å². The van der Waals surface area contributed by atoms with Gasteiger partial charge in [-0.25, -0.2) is 0 Å². The molecule has 0 aliphatic rings. The second kappa shape index (κ2) is 7.21. The van der Waals surface area contributed by atoms with Gasteiger partial charge in [0.2, 0.25) is 0 Å². The number of hydrogen-bond acceptors (Lipinski definition) is 2. The Kier molecular flexibility index (Phi) is 5.88. The summed E-state index contributed by atoms with van der Waals surface area (Å²) in [6.45, 7) is 8.55. The average molecular weight is 235 g/mol. The predicted molar refractivity (Wildman–Crippen MR) is 74.9 cm³/mol. The lowest BCUT2D eigenvalue weighted by atomic mass is 10.1. The third kappa shape index (κ3) is 4.29. The first-order valence-corrected chi connectivity index (χ1v) is 6.73. The van der Waals surface area contributed by atoms with Gasteiger partial charge in [-0.2, -0.15) is 0 Å². The molecule has 0 unspecified atom stereocenters. The third-order valence-corrected chi connectivity index (χ3v) is 3.03. The van der Waals surface area contributed by atoms with Crippen molar-refractivity contribution >= 4 is 5.69 Å². The van der Waals surface area contributed by atoms with Crippen LogP contribution >= 0.6 is 0 Å². The Hall–Kier alpha value is -1.18. The second-order valence-corrected chi connectivity index (χ2v) is 4.69. The molecule has 0 radical (unpaired) electrons. The SMILES string of the molecule is CCCCN(CCCC)c1cc(C)ccc1O. The Morgan fingerprint density at radius 3 is 2.18 bits per heavy atom. The van der Waals surface area contributed by atoms with Crippen molar-refractivity contribution in [2.24, 2.45) is 0 Å². The lowest BCUT2D eigenvalue weighted by Crippen LogP contribution is -2.25. The van der Waals surface area contributed by atoms with Crippen LogP contribution in [0.25, 0.3) is 0 Å². The highest BCUT2D eigenvalue weighted by Crippen LogP contribution is 2.28. The summed E-state index contributed by atoms with van der Waals surface area (Å²) in [5, 5.41) is 9.96. The zero-order valence-corrected chi connectivity index (χ0v) is 11.4. The van der Waals surface area contributed by atoms with Crippen molar-refractivity contribution in [1.82, 2.24) is 0 Å². The quantitative estimate of drug-likeness (QED) is 0.769. The van der Waals surface area contributed by atoms with E-state index in [0.29, 0.717) is 5.75 Å². The van der Waals surface area contributed by atoms with Crippen LogP contribution in [0.15, 0.2) is 18.2 Å². The number of benzene rings is 1. The molecule has 0 aliphatic carbocycles. The van der Waals surface area contributed by atoms with Crippen molar-refractivity contribution in [3.8, 4) is 5.75 Å². The number of unbranched alkanes of at least 4 members (excludes halogenated alkanes) is 2. The Morgan fingerprint density at radius 1 is 1.06 bits per heavy atom. The van der Waals surface area contributed by atoms with E-state index in [1.807, 2.05) is 6.07 Å². The number of phenolic OH excluding ortho intramolecular Hbond substituents is 1. The molecule has 0 bridgehead atoms. The lowest BCUT2D eigenvalue weighted by Gasteiger charge is -2.25. The zero-order chi connectivity index (χ0) is 12.7. The van der Waals surface area contributed by atoms with Crippen molar-refractivity contribution in [1.29, 1.82) is 0 Å². The van der Waals surface area contributed by atoms with Gasteiger partial charge in [-0.3, -0.25) is 0 Å². The highest BCUT2D eigenvalue weighted by atomic mass is 16.3. The van der Waals surface area contributed by atoms with Gasteiger partial charge in [0.25, 0.3) is 0 Å². The molecule has 1 aromatic carbocycles. The van der Waals surface area contributed by atoms with E-state index < -0.39 is 0 Å². The average Bonchev–Trinajstić information content (AvgIpc) is 2.33. The normalized spacial score (nSPS) is 10.5. The summed E-state index contributed by atoms with van der Waals surface area (Å²) in [4.78, 5) is 2.31. The summed E-state index contributed by atoms with van der Waals surface area (Å²) in [6, 6.07) is 5.84. The van der Waals surface area contributed by atoms with Gasteiger partial charge in [0.1, 0.15) is 5.75 Å². The molecule has 0 heterocycles. The van der Waals surface area contributed by atoms with Crippen LogP contribution in [0, 0.1) is 6.92 Å². The topological polar surface area (TPSA) is 23.5 Å². The van der Waals surface area contributed by atoms with Crippen LogP contribution in [0.4, 0.5) is 5.69 Å². The number of hydrogen-bond donors (Lipinski definition) is 1. The van der Waals surface area contributed by atoms with E-state index >= 15 is 0 Å². The fourth-order valence-electron chi connectivity index (χ4n) is 1.94. The maximum absolute atomic E-state index is 9.96. The molecule has 0 spiro atoms. The fourth-order valence-corrected chi connectivity index (χ4v) is 1.94. The number of phenols is 1. The first-order chi connectivity index (χ1) is 8.19. The van der Waals surface area contributed by atoms with Crippen molar-refractivity contribution in [2.75, 3.05) is 18.0 Å². The predicted octanol–water partition coefficient (Wildman–Crippen LogP) is 4.11. The van der Waals surface area contributed by atoms with Gasteiger partial charge in [-0.05, 0) is 37.5 Å². The van der Waals surface area contributed by atoms with Crippen molar-refractivity contribution in [2.45, 2.75) is 46.5 Å². The van der Waals surface area contributed by atoms with Crippen LogP contribution in [0.3, 0.4) is 0 Å². The van der Waals surface area contributed by atoms with Crippen LogP contribution < -0.4 is 4.90 Å². The minimum Gasteiger partial charge on any atom is -0.506 e. The van der Waals surface area contributed by atoms with Gasteiger partial charge >= 0.3 is 0 Å². The molecule has 0 aromatic heterocycles. The Morgan fingerprint density at radius 2 is 1.65 bits per heavy atom. The molecular weight excluding hydrogens is 210 g/mol. The Balaban J connectivity index is 2.82. The number of nitrogens with zero attached hydrogens (tertiary/aromatic N) is 1. The van der Waals surface area contributed by atoms with Crippen LogP contribution in [-0.2, 0) is 0 Å². The number of rotatable bonds is 7. The van der Waals surface area contributed by atoms with E-state index in [-0.39, 0.29) is 0 Å². The fraction of sp³-hybridized carbons (Fsp3) is 0.600. The minimum absolute atomic E-state index is 0.405. The van der Waals surface area contributed by atoms with E-state index in [0.717, 1.165) is 18.8 Å². The molecular formula is C15H25NO. The molecule has 0 aliphatic heterocycles. The molecule has 1 N–H and O–H groups in total. The van der Waals surface area contributed by atoms with E-state index in [4.69, 9.17) is 0 Å². The van der Waals surface area contributed by atoms with E-state index in [1.54, 1.807) is 6.07 Å². The number of aryl methyl sites for hydroxylation is 1. The van der Waals surface area contributed by atoms with Crippen LogP contribution in [0.5, 0.6) is 5.75 Å². The summed E-state index contributed by atoms with van der Waals surface area (Å²) in [5.41, 5.74) is 2.20. The van der Waals surface area contributed by atoms with Gasteiger partial charge in [0, 0.05) is 13.1 Å². The highest BCUT2D eigenvalue weighted by molar-refractivity contribution is 5.59. The minimum atomic E-state index is 0.405. The summed E-state index contributed by atoms with van der Waals surface area (Å²) in [6.07, 6.45) is 4.73. The summed E-state index contributed by atoms with van der Waals surface area (Å²) in [5.74, 6) is 0.405. The van der Waals surface area contributed by atoms with Crippen molar-refractivity contribution in [3.05, 3.63) is 23.8 Å². The van der Waals surface area contributed by atoms with Crippen LogP contribution in [0.2, 0.25) is 0 Å².